The van der Waals surface area contributed by atoms with Crippen LogP contribution in [0.4, 0.5) is 5.69 Å². The van der Waals surface area contributed by atoms with Gasteiger partial charge in [-0.2, -0.15) is 5.10 Å². The fourth-order valence-corrected chi connectivity index (χ4v) is 2.03. The van der Waals surface area contributed by atoms with Crippen LogP contribution in [-0.4, -0.2) is 19.9 Å². The zero-order valence-corrected chi connectivity index (χ0v) is 10.7. The standard InChI is InChI=1S/C13H18N4O/c1-3-12-10(8-17(2)16-12)13(18)6-9-7-15-5-4-11(9)14/h4-5,7-8,13,18H,3,6H2,1-2H3,(H2,14,15). The topological polar surface area (TPSA) is 77.0 Å². The van der Waals surface area contributed by atoms with Crippen molar-refractivity contribution in [1.29, 1.82) is 0 Å². The number of nitrogens with zero attached hydrogens (tertiary/aromatic N) is 3. The third-order valence-electron chi connectivity index (χ3n) is 2.99. The van der Waals surface area contributed by atoms with E-state index in [9.17, 15) is 5.11 Å². The van der Waals surface area contributed by atoms with Crippen molar-refractivity contribution in [1.82, 2.24) is 14.8 Å². The molecule has 0 fully saturated rings. The maximum Gasteiger partial charge on any atom is 0.0864 e. The molecule has 0 saturated heterocycles. The van der Waals surface area contributed by atoms with E-state index in [-0.39, 0.29) is 0 Å². The van der Waals surface area contributed by atoms with E-state index < -0.39 is 6.10 Å². The molecular weight excluding hydrogens is 228 g/mol. The number of nitrogens with two attached hydrogens (primary N) is 1. The Morgan fingerprint density at radius 3 is 2.94 bits per heavy atom. The van der Waals surface area contributed by atoms with Crippen LogP contribution in [0.25, 0.3) is 0 Å². The second-order valence-corrected chi connectivity index (χ2v) is 4.35. The van der Waals surface area contributed by atoms with Gasteiger partial charge < -0.3 is 10.8 Å². The molecule has 2 heterocycles. The normalized spacial score (nSPS) is 12.6. The number of hydrogen-bond donors (Lipinski definition) is 2. The van der Waals surface area contributed by atoms with Gasteiger partial charge in [-0.15, -0.1) is 0 Å². The Labute approximate surface area is 106 Å². The van der Waals surface area contributed by atoms with Gasteiger partial charge in [-0.25, -0.2) is 0 Å². The van der Waals surface area contributed by atoms with Crippen LogP contribution in [0.2, 0.25) is 0 Å². The lowest BCUT2D eigenvalue weighted by molar-refractivity contribution is 0.177. The molecule has 1 unspecified atom stereocenters. The van der Waals surface area contributed by atoms with Gasteiger partial charge in [0.15, 0.2) is 0 Å². The van der Waals surface area contributed by atoms with Gasteiger partial charge in [0.1, 0.15) is 0 Å². The minimum atomic E-state index is -0.597. The molecule has 0 saturated carbocycles. The van der Waals surface area contributed by atoms with Gasteiger partial charge in [0.2, 0.25) is 0 Å². The number of aryl methyl sites for hydroxylation is 2. The number of nitrogen functional groups attached to an aromatic ring is 1. The second kappa shape index (κ2) is 5.18. The molecule has 1 atom stereocenters. The fourth-order valence-electron chi connectivity index (χ4n) is 2.03. The molecule has 2 rings (SSSR count). The predicted molar refractivity (Wildman–Crippen MR) is 69.9 cm³/mol. The highest BCUT2D eigenvalue weighted by molar-refractivity contribution is 5.45. The van der Waals surface area contributed by atoms with Gasteiger partial charge in [0.05, 0.1) is 11.8 Å². The van der Waals surface area contributed by atoms with Crippen molar-refractivity contribution in [3.8, 4) is 0 Å². The summed E-state index contributed by atoms with van der Waals surface area (Å²) in [6, 6.07) is 1.74. The Bertz CT molecular complexity index is 536. The maximum atomic E-state index is 10.3. The third kappa shape index (κ3) is 2.51. The molecule has 0 spiro atoms. The molecule has 0 amide bonds. The molecule has 5 nitrogen and oxygen atoms in total. The Morgan fingerprint density at radius 1 is 1.50 bits per heavy atom. The molecule has 5 heteroatoms. The predicted octanol–water partition coefficient (Wildman–Crippen LogP) is 1.24. The summed E-state index contributed by atoms with van der Waals surface area (Å²) in [6.45, 7) is 2.02. The van der Waals surface area contributed by atoms with Crippen LogP contribution >= 0.6 is 0 Å². The van der Waals surface area contributed by atoms with Crippen LogP contribution in [0.5, 0.6) is 0 Å². The first kappa shape index (κ1) is 12.6. The van der Waals surface area contributed by atoms with Crippen molar-refractivity contribution in [2.75, 3.05) is 5.73 Å². The number of aromatic nitrogens is 3. The van der Waals surface area contributed by atoms with Gasteiger partial charge in [-0.3, -0.25) is 9.67 Å². The van der Waals surface area contributed by atoms with Crippen LogP contribution in [-0.2, 0) is 19.9 Å². The molecule has 2 aromatic rings. The Kier molecular flexibility index (Phi) is 3.62. The number of hydrogen-bond acceptors (Lipinski definition) is 4. The quantitative estimate of drug-likeness (QED) is 0.850. The van der Waals surface area contributed by atoms with E-state index in [4.69, 9.17) is 5.73 Å². The Morgan fingerprint density at radius 2 is 2.28 bits per heavy atom. The zero-order chi connectivity index (χ0) is 13.1. The minimum Gasteiger partial charge on any atom is -0.398 e. The number of anilines is 1. The highest BCUT2D eigenvalue weighted by Gasteiger charge is 2.16. The van der Waals surface area contributed by atoms with Gasteiger partial charge in [-0.05, 0) is 18.1 Å². The van der Waals surface area contributed by atoms with Crippen molar-refractivity contribution in [2.24, 2.45) is 7.05 Å². The lowest BCUT2D eigenvalue weighted by Crippen LogP contribution is -2.06. The molecule has 18 heavy (non-hydrogen) atoms. The molecule has 0 radical (unpaired) electrons. The molecule has 0 aliphatic heterocycles. The lowest BCUT2D eigenvalue weighted by atomic mass is 10.0. The molecule has 0 aliphatic rings. The molecular formula is C13H18N4O. The monoisotopic (exact) mass is 246 g/mol. The zero-order valence-electron chi connectivity index (χ0n) is 10.7. The van der Waals surface area contributed by atoms with Crippen LogP contribution in [0, 0.1) is 0 Å². The number of pyridine rings is 1. The summed E-state index contributed by atoms with van der Waals surface area (Å²) in [5.74, 6) is 0. The fraction of sp³-hybridized carbons (Fsp3) is 0.385. The summed E-state index contributed by atoms with van der Waals surface area (Å²) in [7, 11) is 1.85. The van der Waals surface area contributed by atoms with Crippen molar-refractivity contribution in [2.45, 2.75) is 25.9 Å². The van der Waals surface area contributed by atoms with E-state index in [1.807, 2.05) is 20.2 Å². The smallest absolute Gasteiger partial charge is 0.0864 e. The Hall–Kier alpha value is -1.88. The highest BCUT2D eigenvalue weighted by atomic mass is 16.3. The van der Waals surface area contributed by atoms with Gasteiger partial charge >= 0.3 is 0 Å². The molecule has 0 aliphatic carbocycles. The van der Waals surface area contributed by atoms with E-state index in [1.165, 1.54) is 0 Å². The summed E-state index contributed by atoms with van der Waals surface area (Å²) < 4.78 is 1.73. The van der Waals surface area contributed by atoms with Crippen LogP contribution in [0.3, 0.4) is 0 Å². The van der Waals surface area contributed by atoms with E-state index in [1.54, 1.807) is 23.1 Å². The second-order valence-electron chi connectivity index (χ2n) is 4.35. The van der Waals surface area contributed by atoms with E-state index in [0.717, 1.165) is 23.2 Å². The molecule has 0 bridgehead atoms. The third-order valence-corrected chi connectivity index (χ3v) is 2.99. The summed E-state index contributed by atoms with van der Waals surface area (Å²) in [6.07, 6.45) is 5.86. The summed E-state index contributed by atoms with van der Waals surface area (Å²) in [4.78, 5) is 4.03. The van der Waals surface area contributed by atoms with E-state index in [2.05, 4.69) is 10.1 Å². The first-order valence-corrected chi connectivity index (χ1v) is 6.00. The first-order valence-electron chi connectivity index (χ1n) is 6.00. The number of aliphatic hydroxyl groups is 1. The molecule has 0 aromatic carbocycles. The molecule has 3 N–H and O–H groups in total. The SMILES string of the molecule is CCc1nn(C)cc1C(O)Cc1cnccc1N. The van der Waals surface area contributed by atoms with Crippen LogP contribution in [0.1, 0.15) is 29.8 Å². The van der Waals surface area contributed by atoms with Gasteiger partial charge in [-0.1, -0.05) is 6.92 Å². The number of aliphatic hydroxyl groups excluding tert-OH is 1. The van der Waals surface area contributed by atoms with Crippen molar-refractivity contribution >= 4 is 5.69 Å². The van der Waals surface area contributed by atoms with Crippen LogP contribution in [0.15, 0.2) is 24.7 Å². The van der Waals surface area contributed by atoms with E-state index >= 15 is 0 Å². The van der Waals surface area contributed by atoms with Crippen molar-refractivity contribution in [3.05, 3.63) is 41.5 Å². The number of rotatable bonds is 4. The van der Waals surface area contributed by atoms with E-state index in [0.29, 0.717) is 12.1 Å². The average Bonchev–Trinajstić information content (AvgIpc) is 2.73. The summed E-state index contributed by atoms with van der Waals surface area (Å²) >= 11 is 0. The largest absolute Gasteiger partial charge is 0.398 e. The van der Waals surface area contributed by atoms with Crippen LogP contribution < -0.4 is 5.73 Å². The van der Waals surface area contributed by atoms with Gasteiger partial charge in [0.25, 0.3) is 0 Å². The van der Waals surface area contributed by atoms with Gasteiger partial charge in [0, 0.05) is 43.3 Å². The Balaban J connectivity index is 2.21. The average molecular weight is 246 g/mol. The van der Waals surface area contributed by atoms with Crippen molar-refractivity contribution in [3.63, 3.8) is 0 Å². The molecule has 96 valence electrons. The maximum absolute atomic E-state index is 10.3. The summed E-state index contributed by atoms with van der Waals surface area (Å²) in [5, 5.41) is 14.6. The van der Waals surface area contributed by atoms with Crippen molar-refractivity contribution < 1.29 is 5.11 Å². The highest BCUT2D eigenvalue weighted by Crippen LogP contribution is 2.23. The minimum absolute atomic E-state index is 0.457. The first-order chi connectivity index (χ1) is 8.61. The summed E-state index contributed by atoms with van der Waals surface area (Å²) in [5.41, 5.74) is 9.15. The molecule has 2 aromatic heterocycles. The lowest BCUT2D eigenvalue weighted by Gasteiger charge is -2.11.